The first-order chi connectivity index (χ1) is 23.8. The van der Waals surface area contributed by atoms with Crippen LogP contribution in [0.15, 0.2) is 152 Å². The fourth-order valence-electron chi connectivity index (χ4n) is 9.10. The molecule has 0 heterocycles. The van der Waals surface area contributed by atoms with Crippen molar-refractivity contribution in [2.45, 2.75) is 38.5 Å². The molecule has 0 saturated heterocycles. The van der Waals surface area contributed by atoms with Gasteiger partial charge in [-0.2, -0.15) is 0 Å². The first-order valence-corrected chi connectivity index (χ1v) is 17.4. The second-order valence-electron chi connectivity index (χ2n) is 15.0. The molecule has 8 aromatic carbocycles. The second-order valence-corrected chi connectivity index (χ2v) is 15.0. The van der Waals surface area contributed by atoms with Gasteiger partial charge in [0.2, 0.25) is 0 Å². The lowest BCUT2D eigenvalue weighted by Gasteiger charge is -2.28. The smallest absolute Gasteiger partial charge is 0.0468 e. The largest absolute Gasteiger partial charge is 0.310 e. The molecule has 0 bridgehead atoms. The second kappa shape index (κ2) is 9.94. The Balaban J connectivity index is 1.20. The van der Waals surface area contributed by atoms with E-state index in [9.17, 15) is 0 Å². The summed E-state index contributed by atoms with van der Waals surface area (Å²) < 4.78 is 0. The van der Waals surface area contributed by atoms with Crippen LogP contribution in [0, 0.1) is 0 Å². The van der Waals surface area contributed by atoms with E-state index in [-0.39, 0.29) is 10.8 Å². The molecule has 0 atom stereocenters. The topological polar surface area (TPSA) is 3.24 Å². The number of rotatable bonds is 3. The van der Waals surface area contributed by atoms with Crippen LogP contribution in [0.1, 0.15) is 49.9 Å². The minimum atomic E-state index is -0.0354. The van der Waals surface area contributed by atoms with E-state index >= 15 is 0 Å². The molecule has 2 aliphatic rings. The highest BCUT2D eigenvalue weighted by atomic mass is 15.1. The Morgan fingerprint density at radius 2 is 0.755 bits per heavy atom. The molecule has 0 fully saturated rings. The van der Waals surface area contributed by atoms with E-state index in [2.05, 4.69) is 184 Å². The maximum Gasteiger partial charge on any atom is 0.0468 e. The van der Waals surface area contributed by atoms with E-state index in [1.807, 2.05) is 0 Å². The number of nitrogens with zero attached hydrogens (tertiary/aromatic N) is 1. The predicted octanol–water partition coefficient (Wildman–Crippen LogP) is 13.2. The van der Waals surface area contributed by atoms with Crippen molar-refractivity contribution in [3.8, 4) is 22.3 Å². The quantitative estimate of drug-likeness (QED) is 0.176. The van der Waals surface area contributed by atoms with Gasteiger partial charge in [-0.3, -0.25) is 0 Å². The zero-order chi connectivity index (χ0) is 33.1. The molecule has 0 unspecified atom stereocenters. The monoisotopic (exact) mass is 627 g/mol. The van der Waals surface area contributed by atoms with Crippen molar-refractivity contribution in [1.82, 2.24) is 0 Å². The Morgan fingerprint density at radius 3 is 1.37 bits per heavy atom. The lowest BCUT2D eigenvalue weighted by molar-refractivity contribution is 0.660. The van der Waals surface area contributed by atoms with Crippen LogP contribution in [0.5, 0.6) is 0 Å². The van der Waals surface area contributed by atoms with Crippen LogP contribution in [-0.4, -0.2) is 0 Å². The maximum absolute atomic E-state index is 2.46. The molecule has 1 nitrogen and oxygen atoms in total. The van der Waals surface area contributed by atoms with Crippen LogP contribution in [0.25, 0.3) is 54.6 Å². The third-order valence-corrected chi connectivity index (χ3v) is 11.6. The molecular weight excluding hydrogens is 591 g/mol. The molecule has 0 N–H and O–H groups in total. The molecule has 0 saturated carbocycles. The van der Waals surface area contributed by atoms with Gasteiger partial charge in [0.15, 0.2) is 0 Å². The van der Waals surface area contributed by atoms with Gasteiger partial charge in [0.05, 0.1) is 0 Å². The van der Waals surface area contributed by atoms with Crippen LogP contribution >= 0.6 is 0 Å². The summed E-state index contributed by atoms with van der Waals surface area (Å²) >= 11 is 0. The lowest BCUT2D eigenvalue weighted by Crippen LogP contribution is -2.16. The summed E-state index contributed by atoms with van der Waals surface area (Å²) in [4.78, 5) is 2.46. The van der Waals surface area contributed by atoms with Crippen LogP contribution < -0.4 is 4.90 Å². The van der Waals surface area contributed by atoms with Crippen molar-refractivity contribution in [2.75, 3.05) is 4.90 Å². The van der Waals surface area contributed by atoms with Crippen molar-refractivity contribution in [3.63, 3.8) is 0 Å². The van der Waals surface area contributed by atoms with Gasteiger partial charge in [0.1, 0.15) is 0 Å². The Hall–Kier alpha value is -5.66. The molecule has 2 aliphatic carbocycles. The van der Waals surface area contributed by atoms with Gasteiger partial charge < -0.3 is 4.90 Å². The summed E-state index contributed by atoms with van der Waals surface area (Å²) in [6.07, 6.45) is 0. The SMILES string of the molecule is CC1(C)c2ccccc2-c2cc(N(c3ccc4c(c3)-c3ccccc3C4(C)C)c3ccc4c(ccc5c6ccccc6ccc45)c3)ccc21. The number of fused-ring (bicyclic) bond motifs is 11. The van der Waals surface area contributed by atoms with Crippen molar-refractivity contribution < 1.29 is 0 Å². The third kappa shape index (κ3) is 3.93. The van der Waals surface area contributed by atoms with Crippen LogP contribution in [0.3, 0.4) is 0 Å². The molecule has 0 radical (unpaired) electrons. The minimum absolute atomic E-state index is 0.0354. The standard InChI is InChI=1S/C48H37N/c1-47(2)43-15-9-7-13-39(43)41-28-33(20-25-45(41)47)49(34-21-26-46-42(29-34)40-14-8-10-16-44(40)48(46,3)4)32-19-24-36-31(27-32)18-23-37-35-12-6-5-11-30(35)17-22-38(36)37/h5-29H,1-4H3. The maximum atomic E-state index is 2.46. The average molecular weight is 628 g/mol. The van der Waals surface area contributed by atoms with Gasteiger partial charge in [0, 0.05) is 27.9 Å². The average Bonchev–Trinajstić information content (AvgIpc) is 3.50. The molecule has 49 heavy (non-hydrogen) atoms. The highest BCUT2D eigenvalue weighted by Gasteiger charge is 2.37. The Labute approximate surface area is 288 Å². The molecule has 0 aliphatic heterocycles. The highest BCUT2D eigenvalue weighted by Crippen LogP contribution is 2.53. The fraction of sp³-hybridized carbons (Fsp3) is 0.125. The van der Waals surface area contributed by atoms with Crippen molar-refractivity contribution >= 4 is 49.4 Å². The molecular formula is C48H37N. The summed E-state index contributed by atoms with van der Waals surface area (Å²) in [7, 11) is 0. The van der Waals surface area contributed by atoms with Crippen LogP contribution in [0.2, 0.25) is 0 Å². The minimum Gasteiger partial charge on any atom is -0.310 e. The van der Waals surface area contributed by atoms with Crippen LogP contribution in [-0.2, 0) is 10.8 Å². The van der Waals surface area contributed by atoms with Crippen LogP contribution in [0.4, 0.5) is 17.1 Å². The van der Waals surface area contributed by atoms with E-state index in [0.717, 1.165) is 5.69 Å². The summed E-state index contributed by atoms with van der Waals surface area (Å²) in [5, 5.41) is 7.69. The Morgan fingerprint density at radius 1 is 0.327 bits per heavy atom. The van der Waals surface area contributed by atoms with E-state index < -0.39 is 0 Å². The summed E-state index contributed by atoms with van der Waals surface area (Å²) in [6.45, 7) is 9.41. The molecule has 0 spiro atoms. The van der Waals surface area contributed by atoms with Gasteiger partial charge >= 0.3 is 0 Å². The van der Waals surface area contributed by atoms with E-state index in [1.165, 1.54) is 88.2 Å². The fourth-order valence-corrected chi connectivity index (χ4v) is 9.10. The number of hydrogen-bond acceptors (Lipinski definition) is 1. The first kappa shape index (κ1) is 28.4. The highest BCUT2D eigenvalue weighted by molar-refractivity contribution is 6.17. The molecule has 0 aromatic heterocycles. The summed E-state index contributed by atoms with van der Waals surface area (Å²) in [5.41, 5.74) is 14.3. The predicted molar refractivity (Wildman–Crippen MR) is 209 cm³/mol. The molecule has 234 valence electrons. The van der Waals surface area contributed by atoms with Gasteiger partial charge in [0.25, 0.3) is 0 Å². The molecule has 10 rings (SSSR count). The van der Waals surface area contributed by atoms with Crippen molar-refractivity contribution in [3.05, 3.63) is 174 Å². The van der Waals surface area contributed by atoms with Gasteiger partial charge in [-0.05, 0) is 113 Å². The molecule has 0 amide bonds. The van der Waals surface area contributed by atoms with Crippen molar-refractivity contribution in [1.29, 1.82) is 0 Å². The van der Waals surface area contributed by atoms with Gasteiger partial charge in [-0.1, -0.05) is 143 Å². The Bertz CT molecular complexity index is 2570. The Kier molecular flexibility index (Phi) is 5.75. The lowest BCUT2D eigenvalue weighted by atomic mass is 9.82. The third-order valence-electron chi connectivity index (χ3n) is 11.6. The number of benzene rings is 8. The summed E-state index contributed by atoms with van der Waals surface area (Å²) in [5.74, 6) is 0. The van der Waals surface area contributed by atoms with Gasteiger partial charge in [-0.15, -0.1) is 0 Å². The van der Waals surface area contributed by atoms with E-state index in [0.29, 0.717) is 0 Å². The molecule has 1 heteroatoms. The van der Waals surface area contributed by atoms with E-state index in [4.69, 9.17) is 0 Å². The zero-order valence-electron chi connectivity index (χ0n) is 28.4. The number of hydrogen-bond donors (Lipinski definition) is 0. The number of anilines is 3. The normalized spacial score (nSPS) is 14.9. The molecule has 8 aromatic rings. The van der Waals surface area contributed by atoms with E-state index in [1.54, 1.807) is 0 Å². The first-order valence-electron chi connectivity index (χ1n) is 17.4. The summed E-state index contributed by atoms with van der Waals surface area (Å²) in [6, 6.07) is 56.9. The van der Waals surface area contributed by atoms with Crippen molar-refractivity contribution in [2.24, 2.45) is 0 Å². The van der Waals surface area contributed by atoms with Gasteiger partial charge in [-0.25, -0.2) is 0 Å². The zero-order valence-corrected chi connectivity index (χ0v) is 28.4.